The van der Waals surface area contributed by atoms with Crippen molar-refractivity contribution in [3.05, 3.63) is 53.6 Å². The van der Waals surface area contributed by atoms with Crippen molar-refractivity contribution in [1.29, 1.82) is 0 Å². The van der Waals surface area contributed by atoms with Crippen LogP contribution in [-0.4, -0.2) is 32.4 Å². The number of amides is 2. The molecule has 0 fully saturated rings. The van der Waals surface area contributed by atoms with E-state index in [0.29, 0.717) is 22.6 Å². The van der Waals surface area contributed by atoms with Crippen LogP contribution in [0.1, 0.15) is 15.9 Å². The van der Waals surface area contributed by atoms with Crippen molar-refractivity contribution < 1.29 is 23.8 Å². The maximum Gasteiger partial charge on any atom is 0.343 e. The standard InChI is InChI=1S/C17H17N3O5/c1-23-13-6-4-12(5-7-13)16(21)25-14-8-3-11(9-15(14)24-2)10-19-20-17(18)22/h3-10H,1-2H3,(H3,18,20,22)/b19-10+. The minimum absolute atomic E-state index is 0.253. The van der Waals surface area contributed by atoms with Crippen LogP contribution in [0.3, 0.4) is 0 Å². The van der Waals surface area contributed by atoms with E-state index in [4.69, 9.17) is 19.9 Å². The third-order valence-corrected chi connectivity index (χ3v) is 3.10. The van der Waals surface area contributed by atoms with Gasteiger partial charge in [-0.25, -0.2) is 15.0 Å². The molecule has 0 radical (unpaired) electrons. The van der Waals surface area contributed by atoms with Crippen molar-refractivity contribution in [3.63, 3.8) is 0 Å². The van der Waals surface area contributed by atoms with E-state index in [1.807, 2.05) is 0 Å². The Morgan fingerprint density at radius 1 is 1.04 bits per heavy atom. The fraction of sp³-hybridized carbons (Fsp3) is 0.118. The molecule has 0 spiro atoms. The van der Waals surface area contributed by atoms with Crippen molar-refractivity contribution in [2.75, 3.05) is 14.2 Å². The van der Waals surface area contributed by atoms with E-state index in [1.54, 1.807) is 49.6 Å². The number of hydrazone groups is 1. The summed E-state index contributed by atoms with van der Waals surface area (Å²) in [5.74, 6) is 0.702. The van der Waals surface area contributed by atoms with E-state index in [0.717, 1.165) is 0 Å². The molecule has 25 heavy (non-hydrogen) atoms. The van der Waals surface area contributed by atoms with Crippen LogP contribution in [0.25, 0.3) is 0 Å². The largest absolute Gasteiger partial charge is 0.497 e. The molecule has 2 aromatic carbocycles. The zero-order chi connectivity index (χ0) is 18.2. The summed E-state index contributed by atoms with van der Waals surface area (Å²) in [7, 11) is 2.99. The summed E-state index contributed by atoms with van der Waals surface area (Å²) in [6.07, 6.45) is 1.38. The molecule has 0 atom stereocenters. The third kappa shape index (κ3) is 4.96. The van der Waals surface area contributed by atoms with Gasteiger partial charge in [-0.1, -0.05) is 0 Å². The molecule has 0 heterocycles. The Bertz CT molecular complexity index is 787. The van der Waals surface area contributed by atoms with Crippen molar-refractivity contribution >= 4 is 18.2 Å². The molecule has 0 saturated heterocycles. The lowest BCUT2D eigenvalue weighted by Crippen LogP contribution is -2.24. The molecule has 2 rings (SSSR count). The van der Waals surface area contributed by atoms with Gasteiger partial charge in [-0.05, 0) is 48.0 Å². The lowest BCUT2D eigenvalue weighted by molar-refractivity contribution is 0.0729. The highest BCUT2D eigenvalue weighted by molar-refractivity contribution is 5.91. The minimum Gasteiger partial charge on any atom is -0.497 e. The smallest absolute Gasteiger partial charge is 0.343 e. The number of rotatable bonds is 6. The molecule has 8 nitrogen and oxygen atoms in total. The monoisotopic (exact) mass is 343 g/mol. The fourth-order valence-electron chi connectivity index (χ4n) is 1.91. The summed E-state index contributed by atoms with van der Waals surface area (Å²) in [6, 6.07) is 10.6. The van der Waals surface area contributed by atoms with Gasteiger partial charge < -0.3 is 19.9 Å². The Morgan fingerprint density at radius 3 is 2.36 bits per heavy atom. The average Bonchev–Trinajstić information content (AvgIpc) is 2.62. The predicted octanol–water partition coefficient (Wildman–Crippen LogP) is 1.93. The lowest BCUT2D eigenvalue weighted by atomic mass is 10.2. The number of ether oxygens (including phenoxy) is 3. The highest BCUT2D eigenvalue weighted by Gasteiger charge is 2.13. The highest BCUT2D eigenvalue weighted by Crippen LogP contribution is 2.28. The van der Waals surface area contributed by atoms with Crippen molar-refractivity contribution in [2.45, 2.75) is 0 Å². The summed E-state index contributed by atoms with van der Waals surface area (Å²) in [5.41, 5.74) is 7.99. The van der Waals surface area contributed by atoms with E-state index in [1.165, 1.54) is 13.3 Å². The number of urea groups is 1. The van der Waals surface area contributed by atoms with Crippen LogP contribution in [0.5, 0.6) is 17.2 Å². The number of benzene rings is 2. The summed E-state index contributed by atoms with van der Waals surface area (Å²) in [4.78, 5) is 22.8. The van der Waals surface area contributed by atoms with E-state index < -0.39 is 12.0 Å². The highest BCUT2D eigenvalue weighted by atomic mass is 16.6. The number of carbonyl (C=O) groups is 2. The van der Waals surface area contributed by atoms with Crippen molar-refractivity contribution in [3.8, 4) is 17.2 Å². The summed E-state index contributed by atoms with van der Waals surface area (Å²) >= 11 is 0. The van der Waals surface area contributed by atoms with E-state index >= 15 is 0 Å². The maximum atomic E-state index is 12.2. The number of nitrogens with two attached hydrogens (primary N) is 1. The number of carbonyl (C=O) groups excluding carboxylic acids is 2. The summed E-state index contributed by atoms with van der Waals surface area (Å²) in [6.45, 7) is 0. The minimum atomic E-state index is -0.770. The molecule has 130 valence electrons. The Balaban J connectivity index is 2.13. The molecular formula is C17H17N3O5. The third-order valence-electron chi connectivity index (χ3n) is 3.10. The maximum absolute atomic E-state index is 12.2. The number of nitrogens with zero attached hydrogens (tertiary/aromatic N) is 1. The number of primary amides is 1. The van der Waals surface area contributed by atoms with Crippen molar-refractivity contribution in [1.82, 2.24) is 5.43 Å². The first-order valence-corrected chi connectivity index (χ1v) is 7.16. The number of esters is 1. The Kier molecular flexibility index (Phi) is 5.94. The number of hydrogen-bond donors (Lipinski definition) is 2. The first-order valence-electron chi connectivity index (χ1n) is 7.16. The molecule has 0 saturated carbocycles. The number of methoxy groups -OCH3 is 2. The van der Waals surface area contributed by atoms with Crippen LogP contribution in [0.2, 0.25) is 0 Å². The van der Waals surface area contributed by atoms with Gasteiger partial charge in [-0.15, -0.1) is 0 Å². The Morgan fingerprint density at radius 2 is 1.76 bits per heavy atom. The summed E-state index contributed by atoms with van der Waals surface area (Å²) in [5, 5.41) is 3.65. The molecular weight excluding hydrogens is 326 g/mol. The molecule has 0 aliphatic carbocycles. The average molecular weight is 343 g/mol. The zero-order valence-corrected chi connectivity index (χ0v) is 13.7. The van der Waals surface area contributed by atoms with Crippen LogP contribution in [-0.2, 0) is 0 Å². The molecule has 0 unspecified atom stereocenters. The topological polar surface area (TPSA) is 112 Å². The van der Waals surface area contributed by atoms with Gasteiger partial charge in [0.05, 0.1) is 26.0 Å². The van der Waals surface area contributed by atoms with E-state index in [-0.39, 0.29) is 5.75 Å². The fourth-order valence-corrected chi connectivity index (χ4v) is 1.91. The first kappa shape index (κ1) is 17.8. The number of nitrogens with one attached hydrogen (secondary N) is 1. The van der Waals surface area contributed by atoms with Gasteiger partial charge >= 0.3 is 12.0 Å². The van der Waals surface area contributed by atoms with E-state index in [2.05, 4.69) is 10.5 Å². The quantitative estimate of drug-likeness (QED) is 0.360. The molecule has 0 aliphatic heterocycles. The molecule has 2 aromatic rings. The lowest BCUT2D eigenvalue weighted by Gasteiger charge is -2.10. The van der Waals surface area contributed by atoms with E-state index in [9.17, 15) is 9.59 Å². The zero-order valence-electron chi connectivity index (χ0n) is 13.7. The number of hydrogen-bond acceptors (Lipinski definition) is 6. The van der Waals surface area contributed by atoms with Crippen LogP contribution in [0.15, 0.2) is 47.6 Å². The van der Waals surface area contributed by atoms with Crippen LogP contribution >= 0.6 is 0 Å². The SMILES string of the molecule is COc1ccc(C(=O)Oc2ccc(/C=N/NC(N)=O)cc2OC)cc1. The summed E-state index contributed by atoms with van der Waals surface area (Å²) < 4.78 is 15.6. The second kappa shape index (κ2) is 8.34. The second-order valence-electron chi connectivity index (χ2n) is 4.76. The molecule has 3 N–H and O–H groups in total. The van der Waals surface area contributed by atoms with Crippen LogP contribution in [0.4, 0.5) is 4.79 Å². The van der Waals surface area contributed by atoms with Gasteiger partial charge in [-0.2, -0.15) is 5.10 Å². The second-order valence-corrected chi connectivity index (χ2v) is 4.76. The Labute approximate surface area is 144 Å². The van der Waals surface area contributed by atoms with Crippen molar-refractivity contribution in [2.24, 2.45) is 10.8 Å². The van der Waals surface area contributed by atoms with Crippen LogP contribution < -0.4 is 25.4 Å². The molecule has 2 amide bonds. The molecule has 0 bridgehead atoms. The Hall–Kier alpha value is -3.55. The molecule has 8 heteroatoms. The molecule has 0 aliphatic rings. The van der Waals surface area contributed by atoms with Crippen LogP contribution in [0, 0.1) is 0 Å². The van der Waals surface area contributed by atoms with Gasteiger partial charge in [0, 0.05) is 0 Å². The van der Waals surface area contributed by atoms with Gasteiger partial charge in [0.2, 0.25) is 0 Å². The molecule has 0 aromatic heterocycles. The normalized spacial score (nSPS) is 10.3. The first-order chi connectivity index (χ1) is 12.0. The van der Waals surface area contributed by atoms with Gasteiger partial charge in [0.25, 0.3) is 0 Å². The van der Waals surface area contributed by atoms with Gasteiger partial charge in [0.1, 0.15) is 5.75 Å². The predicted molar refractivity (Wildman–Crippen MR) is 91.3 cm³/mol. The van der Waals surface area contributed by atoms with Gasteiger partial charge in [0.15, 0.2) is 11.5 Å². The van der Waals surface area contributed by atoms with Gasteiger partial charge in [-0.3, -0.25) is 0 Å².